The van der Waals surface area contributed by atoms with Gasteiger partial charge in [-0.05, 0) is 48.8 Å². The van der Waals surface area contributed by atoms with Gasteiger partial charge in [0.1, 0.15) is 5.75 Å². The molecule has 7 nitrogen and oxygen atoms in total. The lowest BCUT2D eigenvalue weighted by Crippen LogP contribution is -2.48. The minimum absolute atomic E-state index is 0.0657. The van der Waals surface area contributed by atoms with E-state index in [0.29, 0.717) is 30.0 Å². The molecule has 3 aliphatic heterocycles. The number of aliphatic hydroxyl groups excluding tert-OH is 1. The number of hydrogen-bond acceptors (Lipinski definition) is 5. The van der Waals surface area contributed by atoms with Crippen LogP contribution in [0.4, 0.5) is 9.80 Å². The number of carbonyl (C=O) groups excluding carboxylic acids is 2. The van der Waals surface area contributed by atoms with Crippen molar-refractivity contribution < 1.29 is 28.3 Å². The first-order chi connectivity index (χ1) is 18.6. The van der Waals surface area contributed by atoms with Gasteiger partial charge in [-0.3, -0.25) is 9.59 Å². The highest BCUT2D eigenvalue weighted by atomic mass is 28.4. The van der Waals surface area contributed by atoms with E-state index in [9.17, 15) is 14.7 Å². The molecule has 2 aromatic carbocycles. The van der Waals surface area contributed by atoms with Gasteiger partial charge in [-0.1, -0.05) is 37.3 Å². The number of aliphatic hydroxyl groups is 1. The van der Waals surface area contributed by atoms with Gasteiger partial charge in [0.2, 0.25) is 14.3 Å². The van der Waals surface area contributed by atoms with E-state index in [1.54, 1.807) is 48.2 Å². The molecule has 2 amide bonds. The Hall–Kier alpha value is -3.01. The number of amides is 2. The van der Waals surface area contributed by atoms with Crippen LogP contribution in [0.2, 0.25) is 18.6 Å². The number of methoxy groups -OCH3 is 1. The Morgan fingerprint density at radius 2 is 2.00 bits per heavy atom. The van der Waals surface area contributed by atoms with Gasteiger partial charge in [0, 0.05) is 30.1 Å². The highest BCUT2D eigenvalue weighted by Crippen LogP contribution is 2.60. The molecule has 9 heteroatoms. The van der Waals surface area contributed by atoms with E-state index in [4.69, 9.17) is 9.47 Å². The van der Waals surface area contributed by atoms with E-state index in [1.165, 1.54) is 0 Å². The number of halogens is 1. The average Bonchev–Trinajstić information content (AvgIpc) is 3.34. The molecular weight excluding hydrogens is 515 g/mol. The van der Waals surface area contributed by atoms with E-state index in [-0.39, 0.29) is 37.4 Å². The molecule has 1 fully saturated rings. The van der Waals surface area contributed by atoms with Gasteiger partial charge in [0.15, 0.2) is 5.60 Å². The topological polar surface area (TPSA) is 79.3 Å². The van der Waals surface area contributed by atoms with Crippen LogP contribution in [0.15, 0.2) is 55.1 Å². The number of rotatable bonds is 7. The third-order valence-corrected chi connectivity index (χ3v) is 11.2. The predicted molar refractivity (Wildman–Crippen MR) is 150 cm³/mol. The average molecular weight is 553 g/mol. The summed E-state index contributed by atoms with van der Waals surface area (Å²) < 4.78 is 28.2. The van der Waals surface area contributed by atoms with Crippen LogP contribution in [0, 0.1) is 5.92 Å². The summed E-state index contributed by atoms with van der Waals surface area (Å²) >= 11 is 0. The van der Waals surface area contributed by atoms with Crippen LogP contribution in [-0.4, -0.2) is 62.6 Å². The Balaban J connectivity index is 1.52. The lowest BCUT2D eigenvalue weighted by Gasteiger charge is -2.37. The maximum atomic E-state index is 16.1. The Bertz CT molecular complexity index is 1300. The minimum atomic E-state index is -3.42. The molecule has 5 atom stereocenters. The molecule has 3 aliphatic rings. The van der Waals surface area contributed by atoms with Crippen molar-refractivity contribution in [3.05, 3.63) is 71.8 Å². The summed E-state index contributed by atoms with van der Waals surface area (Å²) in [4.78, 5) is 31.2. The molecule has 0 radical (unpaired) electrons. The fraction of sp³-hybridized carbons (Fsp3) is 0.467. The van der Waals surface area contributed by atoms with Crippen LogP contribution in [0.1, 0.15) is 30.0 Å². The van der Waals surface area contributed by atoms with Crippen molar-refractivity contribution in [2.45, 2.75) is 62.7 Å². The van der Waals surface area contributed by atoms with Crippen molar-refractivity contribution in [2.75, 3.05) is 25.2 Å². The van der Waals surface area contributed by atoms with Crippen molar-refractivity contribution in [1.82, 2.24) is 4.90 Å². The first-order valence-corrected chi connectivity index (χ1v) is 16.5. The molecule has 3 heterocycles. The Morgan fingerprint density at radius 1 is 1.28 bits per heavy atom. The zero-order valence-corrected chi connectivity index (χ0v) is 24.0. The predicted octanol–water partition coefficient (Wildman–Crippen LogP) is 4.34. The third-order valence-electron chi connectivity index (χ3n) is 8.74. The maximum absolute atomic E-state index is 16.1. The SMILES string of the molecule is C=CCN1C(=O)[C@]2(O[C@H](CC(=O)N3Cc4ccccc4C[C@H]3CO)[C@@H]([Si](C)(C)F)[C@@H]2C)c2cc(OC)ccc21. The summed E-state index contributed by atoms with van der Waals surface area (Å²) in [6.07, 6.45) is 1.35. The van der Waals surface area contributed by atoms with Crippen molar-refractivity contribution >= 4 is 25.9 Å². The van der Waals surface area contributed by atoms with Gasteiger partial charge < -0.3 is 28.5 Å². The van der Waals surface area contributed by atoms with Crippen LogP contribution in [0.25, 0.3) is 0 Å². The van der Waals surface area contributed by atoms with E-state index < -0.39 is 31.6 Å². The molecule has 2 aromatic rings. The van der Waals surface area contributed by atoms with Gasteiger partial charge >= 0.3 is 0 Å². The lowest BCUT2D eigenvalue weighted by molar-refractivity contribution is -0.150. The molecule has 0 bridgehead atoms. The summed E-state index contributed by atoms with van der Waals surface area (Å²) in [6.45, 7) is 9.41. The van der Waals surface area contributed by atoms with Crippen molar-refractivity contribution in [2.24, 2.45) is 5.92 Å². The Labute approximate surface area is 230 Å². The minimum Gasteiger partial charge on any atom is -0.497 e. The second-order valence-corrected chi connectivity index (χ2v) is 15.2. The fourth-order valence-electron chi connectivity index (χ4n) is 7.00. The molecule has 0 unspecified atom stereocenters. The van der Waals surface area contributed by atoms with E-state index in [2.05, 4.69) is 6.58 Å². The molecule has 0 aliphatic carbocycles. The molecule has 208 valence electrons. The second kappa shape index (κ2) is 10.2. The summed E-state index contributed by atoms with van der Waals surface area (Å²) in [6, 6.07) is 12.9. The number of nitrogens with zero attached hydrogens (tertiary/aromatic N) is 2. The summed E-state index contributed by atoms with van der Waals surface area (Å²) in [5.74, 6) is -0.412. The standard InChI is InChI=1S/C30H37FN2O5Si/c1-6-13-32-25-12-11-23(37-3)15-24(25)30(29(32)36)19(2)28(39(4,5)31)26(38-30)16-27(35)33-17-21-10-8-7-9-20(21)14-22(33)18-34/h6-12,15,19,22,26,28,34H,1,13-14,16-18H2,2-5H3/t19-,22-,26+,28-,30+/m0/s1. The van der Waals surface area contributed by atoms with Gasteiger partial charge in [0.05, 0.1) is 38.0 Å². The van der Waals surface area contributed by atoms with Crippen molar-refractivity contribution in [1.29, 1.82) is 0 Å². The molecule has 0 saturated carbocycles. The number of carbonyl (C=O) groups is 2. The summed E-state index contributed by atoms with van der Waals surface area (Å²) in [5.41, 5.74) is 1.45. The lowest BCUT2D eigenvalue weighted by atomic mass is 9.82. The van der Waals surface area contributed by atoms with Crippen LogP contribution < -0.4 is 9.64 Å². The number of ether oxygens (including phenoxy) is 2. The summed E-state index contributed by atoms with van der Waals surface area (Å²) in [5, 5.41) is 10.1. The third kappa shape index (κ3) is 4.40. The molecule has 1 saturated heterocycles. The fourth-order valence-corrected chi connectivity index (χ4v) is 9.49. The van der Waals surface area contributed by atoms with Gasteiger partial charge in [-0.2, -0.15) is 0 Å². The Morgan fingerprint density at radius 3 is 2.64 bits per heavy atom. The number of fused-ring (bicyclic) bond motifs is 3. The van der Waals surface area contributed by atoms with Crippen molar-refractivity contribution in [3.63, 3.8) is 0 Å². The van der Waals surface area contributed by atoms with E-state index in [0.717, 1.165) is 11.1 Å². The Kier molecular flexibility index (Phi) is 7.20. The van der Waals surface area contributed by atoms with Crippen molar-refractivity contribution in [3.8, 4) is 5.75 Å². The van der Waals surface area contributed by atoms with E-state index >= 15 is 4.11 Å². The second-order valence-electron chi connectivity index (χ2n) is 11.4. The van der Waals surface area contributed by atoms with Crippen LogP contribution in [0.5, 0.6) is 5.75 Å². The normalized spacial score (nSPS) is 28.0. The largest absolute Gasteiger partial charge is 0.497 e. The highest BCUT2D eigenvalue weighted by molar-refractivity contribution is 6.72. The highest BCUT2D eigenvalue weighted by Gasteiger charge is 2.67. The quantitative estimate of drug-likeness (QED) is 0.314. The smallest absolute Gasteiger partial charge is 0.264 e. The van der Waals surface area contributed by atoms with Crippen LogP contribution in [0.3, 0.4) is 0 Å². The molecule has 0 aromatic heterocycles. The maximum Gasteiger partial charge on any atom is 0.264 e. The number of benzene rings is 2. The number of anilines is 1. The van der Waals surface area contributed by atoms with Gasteiger partial charge in [-0.25, -0.2) is 0 Å². The summed E-state index contributed by atoms with van der Waals surface area (Å²) in [7, 11) is -1.87. The zero-order chi connectivity index (χ0) is 28.1. The van der Waals surface area contributed by atoms with E-state index in [1.807, 2.05) is 37.3 Å². The first kappa shape index (κ1) is 27.5. The monoisotopic (exact) mass is 552 g/mol. The number of hydrogen-bond donors (Lipinski definition) is 1. The molecular formula is C30H37FN2O5Si. The van der Waals surface area contributed by atoms with Gasteiger partial charge in [-0.15, -0.1) is 6.58 Å². The first-order valence-electron chi connectivity index (χ1n) is 13.5. The molecule has 1 spiro atoms. The van der Waals surface area contributed by atoms with Gasteiger partial charge in [0.25, 0.3) is 5.91 Å². The molecule has 39 heavy (non-hydrogen) atoms. The zero-order valence-electron chi connectivity index (χ0n) is 23.0. The van der Waals surface area contributed by atoms with Crippen LogP contribution in [-0.2, 0) is 32.9 Å². The molecule has 1 N–H and O–H groups in total. The van der Waals surface area contributed by atoms with Crippen LogP contribution >= 0.6 is 0 Å². The molecule has 5 rings (SSSR count).